The summed E-state index contributed by atoms with van der Waals surface area (Å²) in [6.45, 7) is 3.98. The molecule has 38 heavy (non-hydrogen) atoms. The topological polar surface area (TPSA) is 72.8 Å². The minimum Gasteiger partial charge on any atom is -0.462 e. The first-order valence-corrected chi connectivity index (χ1v) is 15.5. The molecule has 1 unspecified atom stereocenters. The summed E-state index contributed by atoms with van der Waals surface area (Å²) in [6, 6.07) is 0. The van der Waals surface area contributed by atoms with Crippen LogP contribution in [0.1, 0.15) is 142 Å². The molecular formula is C33H58O5. The van der Waals surface area contributed by atoms with Crippen molar-refractivity contribution < 1.29 is 24.2 Å². The lowest BCUT2D eigenvalue weighted by Crippen LogP contribution is -2.28. The van der Waals surface area contributed by atoms with Gasteiger partial charge in [0.1, 0.15) is 6.61 Å². The lowest BCUT2D eigenvalue weighted by Gasteiger charge is -2.15. The van der Waals surface area contributed by atoms with Crippen LogP contribution in [0.15, 0.2) is 36.5 Å². The number of aliphatic hydroxyl groups is 1. The predicted molar refractivity (Wildman–Crippen MR) is 159 cm³/mol. The Morgan fingerprint density at radius 3 is 1.63 bits per heavy atom. The van der Waals surface area contributed by atoms with Gasteiger partial charge in [0.05, 0.1) is 6.61 Å². The third kappa shape index (κ3) is 27.2. The van der Waals surface area contributed by atoms with Crippen molar-refractivity contribution in [3.05, 3.63) is 36.5 Å². The standard InChI is InChI=1S/C33H58O5/c1-3-5-7-9-10-11-12-13-14-15-16-17-18-19-20-21-22-24-26-28-33(36)38-31(29-34)30-37-32(35)27-25-23-8-6-4-2/h10-11,13-14,16-17,31,34H,3-9,12,15,18-30H2,1-2H3/b11-10-,14-13-,17-16-. The van der Waals surface area contributed by atoms with Gasteiger partial charge in [-0.15, -0.1) is 0 Å². The molecule has 0 aliphatic carbocycles. The van der Waals surface area contributed by atoms with Crippen LogP contribution in [0.25, 0.3) is 0 Å². The first kappa shape index (κ1) is 36.1. The van der Waals surface area contributed by atoms with E-state index in [-0.39, 0.29) is 25.2 Å². The Morgan fingerprint density at radius 2 is 1.05 bits per heavy atom. The summed E-state index contributed by atoms with van der Waals surface area (Å²) in [7, 11) is 0. The Labute approximate surface area is 234 Å². The summed E-state index contributed by atoms with van der Waals surface area (Å²) < 4.78 is 10.4. The zero-order chi connectivity index (χ0) is 27.9. The van der Waals surface area contributed by atoms with Crippen LogP contribution in [0.2, 0.25) is 0 Å². The fourth-order valence-electron chi connectivity index (χ4n) is 4.03. The van der Waals surface area contributed by atoms with Crippen molar-refractivity contribution in [2.75, 3.05) is 13.2 Å². The number of esters is 2. The molecule has 0 spiro atoms. The quantitative estimate of drug-likeness (QED) is 0.0647. The molecule has 0 aliphatic rings. The van der Waals surface area contributed by atoms with Crippen molar-refractivity contribution in [3.63, 3.8) is 0 Å². The Kier molecular flexibility index (Phi) is 28.2. The molecule has 0 aromatic carbocycles. The minimum atomic E-state index is -0.771. The molecule has 1 N–H and O–H groups in total. The van der Waals surface area contributed by atoms with Crippen LogP contribution >= 0.6 is 0 Å². The van der Waals surface area contributed by atoms with Crippen molar-refractivity contribution in [3.8, 4) is 0 Å². The molecule has 5 heteroatoms. The maximum Gasteiger partial charge on any atom is 0.306 e. The van der Waals surface area contributed by atoms with Gasteiger partial charge in [-0.2, -0.15) is 0 Å². The smallest absolute Gasteiger partial charge is 0.306 e. The summed E-state index contributed by atoms with van der Waals surface area (Å²) in [5.74, 6) is -0.623. The number of carbonyl (C=O) groups excluding carboxylic acids is 2. The highest BCUT2D eigenvalue weighted by Crippen LogP contribution is 2.11. The Bertz CT molecular complexity index is 623. The highest BCUT2D eigenvalue weighted by atomic mass is 16.6. The van der Waals surface area contributed by atoms with Crippen LogP contribution in [-0.2, 0) is 19.1 Å². The van der Waals surface area contributed by atoms with Crippen LogP contribution in [0, 0.1) is 0 Å². The minimum absolute atomic E-state index is 0.0721. The molecular weight excluding hydrogens is 476 g/mol. The van der Waals surface area contributed by atoms with Gasteiger partial charge in [0.15, 0.2) is 6.10 Å². The number of allylic oxidation sites excluding steroid dienone is 6. The van der Waals surface area contributed by atoms with Gasteiger partial charge in [0.25, 0.3) is 0 Å². The van der Waals surface area contributed by atoms with Crippen molar-refractivity contribution >= 4 is 11.9 Å². The SMILES string of the molecule is CCCCC/C=C\C/C=C\C/C=C\CCCCCCCCC(=O)OC(CO)COC(=O)CCCCCCC. The average molecular weight is 535 g/mol. The summed E-state index contributed by atoms with van der Waals surface area (Å²) in [6.07, 6.45) is 33.7. The van der Waals surface area contributed by atoms with E-state index < -0.39 is 6.10 Å². The molecule has 0 amide bonds. The normalized spacial score (nSPS) is 12.6. The fraction of sp³-hybridized carbons (Fsp3) is 0.758. The molecule has 5 nitrogen and oxygen atoms in total. The number of rotatable bonds is 27. The molecule has 0 bridgehead atoms. The van der Waals surface area contributed by atoms with E-state index in [1.807, 2.05) is 0 Å². The van der Waals surface area contributed by atoms with Gasteiger partial charge in [-0.05, 0) is 51.4 Å². The van der Waals surface area contributed by atoms with Crippen molar-refractivity contribution in [1.82, 2.24) is 0 Å². The van der Waals surface area contributed by atoms with E-state index in [9.17, 15) is 14.7 Å². The van der Waals surface area contributed by atoms with Crippen LogP contribution in [-0.4, -0.2) is 36.4 Å². The maximum absolute atomic E-state index is 12.0. The zero-order valence-electron chi connectivity index (χ0n) is 24.7. The molecule has 0 saturated carbocycles. The summed E-state index contributed by atoms with van der Waals surface area (Å²) >= 11 is 0. The monoisotopic (exact) mass is 534 g/mol. The van der Waals surface area contributed by atoms with Crippen molar-refractivity contribution in [2.24, 2.45) is 0 Å². The second-order valence-corrected chi connectivity index (χ2v) is 10.2. The van der Waals surface area contributed by atoms with Crippen molar-refractivity contribution in [1.29, 1.82) is 0 Å². The maximum atomic E-state index is 12.0. The van der Waals surface area contributed by atoms with E-state index in [0.717, 1.165) is 57.8 Å². The first-order valence-electron chi connectivity index (χ1n) is 15.5. The number of hydrogen-bond acceptors (Lipinski definition) is 5. The van der Waals surface area contributed by atoms with E-state index >= 15 is 0 Å². The molecule has 1 atom stereocenters. The summed E-state index contributed by atoms with van der Waals surface area (Å²) in [4.78, 5) is 23.8. The second kappa shape index (κ2) is 29.7. The number of unbranched alkanes of at least 4 members (excludes halogenated alkanes) is 13. The van der Waals surface area contributed by atoms with Crippen LogP contribution in [0.5, 0.6) is 0 Å². The number of carbonyl (C=O) groups is 2. The fourth-order valence-corrected chi connectivity index (χ4v) is 4.03. The van der Waals surface area contributed by atoms with Crippen molar-refractivity contribution in [2.45, 2.75) is 148 Å². The molecule has 0 heterocycles. The summed E-state index contributed by atoms with van der Waals surface area (Å²) in [5.41, 5.74) is 0. The van der Waals surface area contributed by atoms with Gasteiger partial charge in [-0.3, -0.25) is 9.59 Å². The van der Waals surface area contributed by atoms with Crippen LogP contribution < -0.4 is 0 Å². The number of hydrogen-bond donors (Lipinski definition) is 1. The third-order valence-corrected chi connectivity index (χ3v) is 6.44. The molecule has 0 fully saturated rings. The highest BCUT2D eigenvalue weighted by molar-refractivity contribution is 5.70. The molecule has 0 aliphatic heterocycles. The first-order chi connectivity index (χ1) is 18.6. The van der Waals surface area contributed by atoms with Crippen LogP contribution in [0.3, 0.4) is 0 Å². The molecule has 0 rings (SSSR count). The number of ether oxygens (including phenoxy) is 2. The van der Waals surface area contributed by atoms with Gasteiger partial charge in [-0.1, -0.05) is 115 Å². The molecule has 0 radical (unpaired) electrons. The highest BCUT2D eigenvalue weighted by Gasteiger charge is 2.16. The molecule has 0 saturated heterocycles. The van der Waals surface area contributed by atoms with Gasteiger partial charge in [-0.25, -0.2) is 0 Å². The van der Waals surface area contributed by atoms with Gasteiger partial charge in [0.2, 0.25) is 0 Å². The lowest BCUT2D eigenvalue weighted by atomic mass is 10.1. The molecule has 0 aromatic rings. The van der Waals surface area contributed by atoms with E-state index in [0.29, 0.717) is 12.8 Å². The van der Waals surface area contributed by atoms with E-state index in [1.165, 1.54) is 57.8 Å². The van der Waals surface area contributed by atoms with Gasteiger partial charge < -0.3 is 14.6 Å². The second-order valence-electron chi connectivity index (χ2n) is 10.2. The molecule has 220 valence electrons. The van der Waals surface area contributed by atoms with Gasteiger partial charge in [0, 0.05) is 12.8 Å². The lowest BCUT2D eigenvalue weighted by molar-refractivity contribution is -0.161. The molecule has 0 aromatic heterocycles. The van der Waals surface area contributed by atoms with Gasteiger partial charge >= 0.3 is 11.9 Å². The zero-order valence-corrected chi connectivity index (χ0v) is 24.7. The van der Waals surface area contributed by atoms with Crippen LogP contribution in [0.4, 0.5) is 0 Å². The Balaban J connectivity index is 3.60. The largest absolute Gasteiger partial charge is 0.462 e. The predicted octanol–water partition coefficient (Wildman–Crippen LogP) is 8.94. The van der Waals surface area contributed by atoms with E-state index in [4.69, 9.17) is 9.47 Å². The third-order valence-electron chi connectivity index (χ3n) is 6.44. The Hall–Kier alpha value is -1.88. The average Bonchev–Trinajstić information content (AvgIpc) is 2.92. The number of aliphatic hydroxyl groups excluding tert-OH is 1. The van der Waals surface area contributed by atoms with E-state index in [2.05, 4.69) is 50.3 Å². The summed E-state index contributed by atoms with van der Waals surface area (Å²) in [5, 5.41) is 9.42. The Morgan fingerprint density at radius 1 is 0.605 bits per heavy atom. The van der Waals surface area contributed by atoms with E-state index in [1.54, 1.807) is 0 Å².